The van der Waals surface area contributed by atoms with Crippen LogP contribution in [0.1, 0.15) is 12.5 Å². The standard InChI is InChI=1S/C9H13N7O3S/c1-2-16-4-7(11-5-16)20(18,19)15-9-6(3-12-13-9)8(10)14-17/h3-5,17H,2H2,1H3,(H2,10,14)(H2,12,13,15). The molecule has 0 aromatic carbocycles. The number of rotatable bonds is 5. The third kappa shape index (κ3) is 2.56. The van der Waals surface area contributed by atoms with Gasteiger partial charge in [0, 0.05) is 12.7 Å². The second kappa shape index (κ2) is 5.21. The van der Waals surface area contributed by atoms with Gasteiger partial charge >= 0.3 is 0 Å². The summed E-state index contributed by atoms with van der Waals surface area (Å²) in [7, 11) is -3.88. The number of aromatic amines is 1. The normalized spacial score (nSPS) is 12.6. The van der Waals surface area contributed by atoms with Gasteiger partial charge in [-0.1, -0.05) is 5.16 Å². The molecule has 0 aliphatic rings. The van der Waals surface area contributed by atoms with Crippen LogP contribution in [0.3, 0.4) is 0 Å². The Kier molecular flexibility index (Phi) is 3.61. The molecule has 0 spiro atoms. The van der Waals surface area contributed by atoms with Crippen LogP contribution < -0.4 is 10.5 Å². The highest BCUT2D eigenvalue weighted by molar-refractivity contribution is 7.92. The summed E-state index contributed by atoms with van der Waals surface area (Å²) in [5.74, 6) is -0.276. The minimum Gasteiger partial charge on any atom is -0.409 e. The average molecular weight is 299 g/mol. The summed E-state index contributed by atoms with van der Waals surface area (Å²) in [6.45, 7) is 2.46. The molecular formula is C9H13N7O3S. The zero-order valence-electron chi connectivity index (χ0n) is 10.5. The van der Waals surface area contributed by atoms with Gasteiger partial charge in [-0.15, -0.1) is 0 Å². The molecule has 0 radical (unpaired) electrons. The number of imidazole rings is 1. The van der Waals surface area contributed by atoms with Crippen LogP contribution in [0, 0.1) is 0 Å². The molecule has 0 fully saturated rings. The molecule has 108 valence electrons. The Morgan fingerprint density at radius 2 is 2.40 bits per heavy atom. The lowest BCUT2D eigenvalue weighted by Gasteiger charge is -2.05. The molecule has 0 atom stereocenters. The summed E-state index contributed by atoms with van der Waals surface area (Å²) in [6.07, 6.45) is 4.03. The van der Waals surface area contributed by atoms with Gasteiger partial charge in [-0.3, -0.25) is 9.82 Å². The van der Waals surface area contributed by atoms with Gasteiger partial charge in [-0.25, -0.2) is 4.98 Å². The minimum atomic E-state index is -3.88. The average Bonchev–Trinajstić information content (AvgIpc) is 3.06. The maximum Gasteiger partial charge on any atom is 0.282 e. The minimum absolute atomic E-state index is 0.00801. The van der Waals surface area contributed by atoms with E-state index in [2.05, 4.69) is 25.1 Å². The van der Waals surface area contributed by atoms with Crippen LogP contribution in [0.5, 0.6) is 0 Å². The fourth-order valence-electron chi connectivity index (χ4n) is 1.45. The zero-order valence-corrected chi connectivity index (χ0v) is 11.3. The number of H-pyrrole nitrogens is 1. The second-order valence-corrected chi connectivity index (χ2v) is 5.42. The van der Waals surface area contributed by atoms with Gasteiger partial charge in [-0.05, 0) is 6.92 Å². The van der Waals surface area contributed by atoms with E-state index in [0.717, 1.165) is 0 Å². The smallest absolute Gasteiger partial charge is 0.282 e. The number of nitrogens with zero attached hydrogens (tertiary/aromatic N) is 4. The Labute approximate surface area is 114 Å². The van der Waals surface area contributed by atoms with Gasteiger partial charge in [-0.2, -0.15) is 13.5 Å². The largest absolute Gasteiger partial charge is 0.409 e. The number of nitrogens with one attached hydrogen (secondary N) is 2. The van der Waals surface area contributed by atoms with Crippen molar-refractivity contribution >= 4 is 21.7 Å². The lowest BCUT2D eigenvalue weighted by molar-refractivity contribution is 0.318. The molecule has 0 aliphatic heterocycles. The monoisotopic (exact) mass is 299 g/mol. The van der Waals surface area contributed by atoms with E-state index in [-0.39, 0.29) is 22.2 Å². The first-order valence-electron chi connectivity index (χ1n) is 5.53. The summed E-state index contributed by atoms with van der Waals surface area (Å²) in [4.78, 5) is 3.80. The fraction of sp³-hybridized carbons (Fsp3) is 0.222. The van der Waals surface area contributed by atoms with Crippen LogP contribution in [0.2, 0.25) is 0 Å². The lowest BCUT2D eigenvalue weighted by Crippen LogP contribution is -2.19. The van der Waals surface area contributed by atoms with Crippen molar-refractivity contribution in [3.05, 3.63) is 24.3 Å². The van der Waals surface area contributed by atoms with Gasteiger partial charge < -0.3 is 15.5 Å². The number of sulfonamides is 1. The number of nitrogens with two attached hydrogens (primary N) is 1. The number of amidine groups is 1. The molecular weight excluding hydrogens is 286 g/mol. The Balaban J connectivity index is 2.31. The third-order valence-electron chi connectivity index (χ3n) is 2.51. The first-order chi connectivity index (χ1) is 9.47. The van der Waals surface area contributed by atoms with Gasteiger partial charge in [0.25, 0.3) is 10.0 Å². The number of oxime groups is 1. The molecule has 0 saturated heterocycles. The van der Waals surface area contributed by atoms with Crippen LogP contribution in [0.25, 0.3) is 0 Å². The van der Waals surface area contributed by atoms with Gasteiger partial charge in [0.1, 0.15) is 5.82 Å². The van der Waals surface area contributed by atoms with E-state index in [1.165, 1.54) is 18.7 Å². The van der Waals surface area contributed by atoms with Gasteiger partial charge in [0.05, 0.1) is 18.1 Å². The first-order valence-corrected chi connectivity index (χ1v) is 7.02. The van der Waals surface area contributed by atoms with E-state index >= 15 is 0 Å². The highest BCUT2D eigenvalue weighted by Crippen LogP contribution is 2.16. The number of anilines is 1. The molecule has 2 rings (SSSR count). The van der Waals surface area contributed by atoms with E-state index in [1.807, 2.05) is 6.92 Å². The van der Waals surface area contributed by atoms with E-state index < -0.39 is 10.0 Å². The molecule has 0 unspecified atom stereocenters. The summed E-state index contributed by atoms with van der Waals surface area (Å²) in [5, 5.41) is 17.3. The van der Waals surface area contributed by atoms with Crippen LogP contribution in [-0.4, -0.2) is 39.2 Å². The predicted molar refractivity (Wildman–Crippen MR) is 69.8 cm³/mol. The molecule has 11 heteroatoms. The number of hydrogen-bond acceptors (Lipinski definition) is 6. The Morgan fingerprint density at radius 1 is 1.65 bits per heavy atom. The summed E-state index contributed by atoms with van der Waals surface area (Å²) < 4.78 is 28.1. The zero-order chi connectivity index (χ0) is 14.8. The second-order valence-electron chi connectivity index (χ2n) is 3.79. The van der Waals surface area contributed by atoms with Crippen molar-refractivity contribution in [1.29, 1.82) is 0 Å². The SMILES string of the molecule is CCn1cnc(S(=O)(=O)Nc2[nH]ncc2C(N)=NO)c1. The van der Waals surface area contributed by atoms with Crippen LogP contribution in [-0.2, 0) is 16.6 Å². The fourth-order valence-corrected chi connectivity index (χ4v) is 2.44. The van der Waals surface area contributed by atoms with Gasteiger partial charge in [0.15, 0.2) is 10.9 Å². The summed E-state index contributed by atoms with van der Waals surface area (Å²) >= 11 is 0. The van der Waals surface area contributed by atoms with Crippen LogP contribution >= 0.6 is 0 Å². The van der Waals surface area contributed by atoms with Crippen molar-refractivity contribution < 1.29 is 13.6 Å². The molecule has 10 nitrogen and oxygen atoms in total. The summed E-state index contributed by atoms with van der Waals surface area (Å²) in [6, 6.07) is 0. The highest BCUT2D eigenvalue weighted by Gasteiger charge is 2.21. The molecule has 0 amide bonds. The molecule has 5 N–H and O–H groups in total. The van der Waals surface area contributed by atoms with Crippen molar-refractivity contribution in [1.82, 2.24) is 19.7 Å². The van der Waals surface area contributed by atoms with Crippen LogP contribution in [0.4, 0.5) is 5.82 Å². The number of aromatic nitrogens is 4. The molecule has 20 heavy (non-hydrogen) atoms. The molecule has 2 aromatic rings. The maximum atomic E-state index is 12.1. The Bertz CT molecular complexity index is 730. The summed E-state index contributed by atoms with van der Waals surface area (Å²) in [5.41, 5.74) is 5.54. The third-order valence-corrected chi connectivity index (χ3v) is 3.74. The number of hydrogen-bond donors (Lipinski definition) is 4. The first kappa shape index (κ1) is 13.9. The van der Waals surface area contributed by atoms with Crippen molar-refractivity contribution in [2.24, 2.45) is 10.9 Å². The van der Waals surface area contributed by atoms with Crippen LogP contribution in [0.15, 0.2) is 28.9 Å². The number of aryl methyl sites for hydroxylation is 1. The quantitative estimate of drug-likeness (QED) is 0.253. The predicted octanol–water partition coefficient (Wildman–Crippen LogP) is -0.479. The lowest BCUT2D eigenvalue weighted by atomic mass is 10.3. The molecule has 2 aromatic heterocycles. The molecule has 0 aliphatic carbocycles. The molecule has 2 heterocycles. The van der Waals surface area contributed by atoms with E-state index in [0.29, 0.717) is 6.54 Å². The maximum absolute atomic E-state index is 12.1. The van der Waals surface area contributed by atoms with Crippen molar-refractivity contribution in [3.63, 3.8) is 0 Å². The highest BCUT2D eigenvalue weighted by atomic mass is 32.2. The Morgan fingerprint density at radius 3 is 3.00 bits per heavy atom. The van der Waals surface area contributed by atoms with E-state index in [4.69, 9.17) is 10.9 Å². The van der Waals surface area contributed by atoms with Crippen molar-refractivity contribution in [3.8, 4) is 0 Å². The molecule has 0 bridgehead atoms. The Hall–Kier alpha value is -2.56. The van der Waals surface area contributed by atoms with E-state index in [9.17, 15) is 8.42 Å². The van der Waals surface area contributed by atoms with E-state index in [1.54, 1.807) is 4.57 Å². The van der Waals surface area contributed by atoms with Gasteiger partial charge in [0.2, 0.25) is 0 Å². The molecule has 0 saturated carbocycles. The van der Waals surface area contributed by atoms with Crippen molar-refractivity contribution in [2.45, 2.75) is 18.5 Å². The topological polar surface area (TPSA) is 151 Å². The van der Waals surface area contributed by atoms with Crippen molar-refractivity contribution in [2.75, 3.05) is 4.72 Å².